The van der Waals surface area contributed by atoms with Gasteiger partial charge in [0.2, 0.25) is 5.95 Å². The summed E-state index contributed by atoms with van der Waals surface area (Å²) in [5.74, 6) is -0.0475. The molecule has 3 aromatic heterocycles. The number of anilines is 1. The molecule has 39 heavy (non-hydrogen) atoms. The number of aryl methyl sites for hydroxylation is 1. The van der Waals surface area contributed by atoms with Crippen molar-refractivity contribution in [1.82, 2.24) is 29.3 Å². The number of nitrogens with zero attached hydrogens (tertiary/aromatic N) is 7. The Morgan fingerprint density at radius 1 is 1.28 bits per heavy atom. The first-order valence-corrected chi connectivity index (χ1v) is 12.7. The van der Waals surface area contributed by atoms with Gasteiger partial charge in [0.25, 0.3) is 0 Å². The quantitative estimate of drug-likeness (QED) is 0.324. The van der Waals surface area contributed by atoms with E-state index in [9.17, 15) is 15.5 Å². The molecule has 1 aliphatic heterocycles. The number of imidazole rings is 1. The number of hydrogen-bond donors (Lipinski definition) is 3. The fourth-order valence-electron chi connectivity index (χ4n) is 5.06. The van der Waals surface area contributed by atoms with Crippen LogP contribution in [0.1, 0.15) is 69.0 Å². The number of nitriles is 1. The molecule has 0 amide bonds. The molecule has 2 atom stereocenters. The number of halogens is 1. The molecule has 1 aliphatic rings. The van der Waals surface area contributed by atoms with Gasteiger partial charge in [-0.15, -0.1) is 0 Å². The standard InChI is InChI=1S/C27H31FN8O3/c1-14(2)36-20-9-15(8-18(28)23(20)32-25(36)27(3,4)38)22-16(11-29)12-30-26(33-22)31-19-6-7-35-21(24(19)37)10-17(34-35)13-39-5/h8-10,12,14,19,24,37-38H,6-7,13H2,1-5H3,(H,30,31,33)/t19-,24+/m1/s1. The summed E-state index contributed by atoms with van der Waals surface area (Å²) in [4.78, 5) is 13.2. The van der Waals surface area contributed by atoms with E-state index in [-0.39, 0.29) is 28.8 Å². The van der Waals surface area contributed by atoms with Crippen LogP contribution >= 0.6 is 0 Å². The van der Waals surface area contributed by atoms with E-state index in [2.05, 4.69) is 31.4 Å². The van der Waals surface area contributed by atoms with Gasteiger partial charge in [-0.25, -0.2) is 19.3 Å². The highest BCUT2D eigenvalue weighted by molar-refractivity contribution is 5.84. The molecule has 0 saturated heterocycles. The van der Waals surface area contributed by atoms with Crippen LogP contribution in [0.5, 0.6) is 0 Å². The average molecular weight is 535 g/mol. The molecule has 0 aliphatic carbocycles. The van der Waals surface area contributed by atoms with Gasteiger partial charge in [-0.05, 0) is 52.3 Å². The third-order valence-electron chi connectivity index (χ3n) is 6.80. The van der Waals surface area contributed by atoms with Crippen LogP contribution in [-0.4, -0.2) is 52.7 Å². The van der Waals surface area contributed by atoms with Gasteiger partial charge in [0, 0.05) is 25.3 Å². The third-order valence-corrected chi connectivity index (χ3v) is 6.80. The van der Waals surface area contributed by atoms with Gasteiger partial charge in [0.1, 0.15) is 29.1 Å². The topological polar surface area (TPSA) is 147 Å². The fraction of sp³-hybridized carbons (Fsp3) is 0.444. The van der Waals surface area contributed by atoms with E-state index >= 15 is 4.39 Å². The summed E-state index contributed by atoms with van der Waals surface area (Å²) < 4.78 is 24.1. The van der Waals surface area contributed by atoms with E-state index in [0.29, 0.717) is 42.2 Å². The Kier molecular flexibility index (Phi) is 6.84. The predicted molar refractivity (Wildman–Crippen MR) is 141 cm³/mol. The number of benzene rings is 1. The molecule has 5 rings (SSSR count). The number of ether oxygens (including phenoxy) is 1. The number of aliphatic hydroxyl groups excluding tert-OH is 1. The predicted octanol–water partition coefficient (Wildman–Crippen LogP) is 3.57. The minimum absolute atomic E-state index is 0.116. The largest absolute Gasteiger partial charge is 0.385 e. The molecule has 204 valence electrons. The molecule has 4 aromatic rings. The normalized spacial score (nSPS) is 17.4. The zero-order valence-corrected chi connectivity index (χ0v) is 22.5. The summed E-state index contributed by atoms with van der Waals surface area (Å²) in [5.41, 5.74) is 1.51. The summed E-state index contributed by atoms with van der Waals surface area (Å²) in [6.07, 6.45) is 1.08. The first kappa shape index (κ1) is 26.7. The van der Waals surface area contributed by atoms with Gasteiger partial charge in [-0.2, -0.15) is 10.4 Å². The van der Waals surface area contributed by atoms with Crippen molar-refractivity contribution in [2.75, 3.05) is 12.4 Å². The maximum absolute atomic E-state index is 15.4. The highest BCUT2D eigenvalue weighted by atomic mass is 19.1. The lowest BCUT2D eigenvalue weighted by Crippen LogP contribution is -2.35. The molecule has 1 aromatic carbocycles. The van der Waals surface area contributed by atoms with Crippen LogP contribution in [0.3, 0.4) is 0 Å². The molecule has 0 unspecified atom stereocenters. The van der Waals surface area contributed by atoms with Crippen LogP contribution in [0.4, 0.5) is 10.3 Å². The summed E-state index contributed by atoms with van der Waals surface area (Å²) in [5, 5.41) is 39.1. The second-order valence-corrected chi connectivity index (χ2v) is 10.6. The third kappa shape index (κ3) is 4.85. The summed E-state index contributed by atoms with van der Waals surface area (Å²) in [7, 11) is 1.59. The lowest BCUT2D eigenvalue weighted by Gasteiger charge is -2.29. The van der Waals surface area contributed by atoms with Crippen LogP contribution in [0.25, 0.3) is 22.3 Å². The molecule has 0 fully saturated rings. The fourth-order valence-corrected chi connectivity index (χ4v) is 5.06. The summed E-state index contributed by atoms with van der Waals surface area (Å²) in [6, 6.07) is 6.38. The van der Waals surface area contributed by atoms with Gasteiger partial charge < -0.3 is 24.8 Å². The number of hydrogen-bond acceptors (Lipinski definition) is 9. The number of aliphatic hydroxyl groups is 2. The van der Waals surface area contributed by atoms with Gasteiger partial charge in [-0.1, -0.05) is 0 Å². The maximum atomic E-state index is 15.4. The molecule has 4 heterocycles. The van der Waals surface area contributed by atoms with E-state index in [1.54, 1.807) is 36.3 Å². The van der Waals surface area contributed by atoms with Crippen molar-refractivity contribution < 1.29 is 19.3 Å². The lowest BCUT2D eigenvalue weighted by atomic mass is 10.0. The SMILES string of the molecule is COCc1cc2n(n1)CC[C@@H](Nc1ncc(C#N)c(-c3cc(F)c4nc(C(C)(C)O)n(C(C)C)c4c3)n1)[C@@H]2O. The van der Waals surface area contributed by atoms with Gasteiger partial charge in [0.15, 0.2) is 5.82 Å². The molecule has 3 N–H and O–H groups in total. The number of nitrogens with one attached hydrogen (secondary N) is 1. The second-order valence-electron chi connectivity index (χ2n) is 10.6. The summed E-state index contributed by atoms with van der Waals surface area (Å²) >= 11 is 0. The molecule has 0 radical (unpaired) electrons. The van der Waals surface area contributed by atoms with Gasteiger partial charge in [0.05, 0.1) is 47.0 Å². The van der Waals surface area contributed by atoms with E-state index in [1.807, 2.05) is 19.9 Å². The Morgan fingerprint density at radius 3 is 2.72 bits per heavy atom. The van der Waals surface area contributed by atoms with Crippen LogP contribution in [0.15, 0.2) is 24.4 Å². The van der Waals surface area contributed by atoms with Crippen LogP contribution in [0.2, 0.25) is 0 Å². The average Bonchev–Trinajstić information content (AvgIpc) is 3.48. The number of aromatic nitrogens is 6. The lowest BCUT2D eigenvalue weighted by molar-refractivity contribution is 0.0641. The Bertz CT molecular complexity index is 1580. The Hall–Kier alpha value is -3.92. The number of fused-ring (bicyclic) bond motifs is 2. The molecule has 0 bridgehead atoms. The zero-order chi connectivity index (χ0) is 28.1. The number of methoxy groups -OCH3 is 1. The maximum Gasteiger partial charge on any atom is 0.223 e. The number of rotatable bonds is 7. The van der Waals surface area contributed by atoms with E-state index in [4.69, 9.17) is 4.74 Å². The minimum Gasteiger partial charge on any atom is -0.385 e. The van der Waals surface area contributed by atoms with Crippen molar-refractivity contribution >= 4 is 17.0 Å². The highest BCUT2D eigenvalue weighted by Gasteiger charge is 2.31. The van der Waals surface area contributed by atoms with Gasteiger partial charge >= 0.3 is 0 Å². The zero-order valence-electron chi connectivity index (χ0n) is 22.5. The van der Waals surface area contributed by atoms with Crippen LogP contribution in [-0.2, 0) is 23.5 Å². The van der Waals surface area contributed by atoms with Crippen molar-refractivity contribution in [2.45, 2.75) is 71.1 Å². The highest BCUT2D eigenvalue weighted by Crippen LogP contribution is 2.34. The molecular formula is C27H31FN8O3. The molecular weight excluding hydrogens is 503 g/mol. The monoisotopic (exact) mass is 534 g/mol. The van der Waals surface area contributed by atoms with Crippen molar-refractivity contribution in [1.29, 1.82) is 5.26 Å². The molecule has 11 nitrogen and oxygen atoms in total. The smallest absolute Gasteiger partial charge is 0.223 e. The minimum atomic E-state index is -1.29. The van der Waals surface area contributed by atoms with Crippen molar-refractivity contribution in [3.05, 3.63) is 53.0 Å². The van der Waals surface area contributed by atoms with Crippen LogP contribution in [0, 0.1) is 17.1 Å². The summed E-state index contributed by atoms with van der Waals surface area (Å²) in [6.45, 7) is 7.99. The van der Waals surface area contributed by atoms with E-state index in [0.717, 1.165) is 5.69 Å². The Balaban J connectivity index is 1.53. The first-order valence-electron chi connectivity index (χ1n) is 12.7. The molecule has 12 heteroatoms. The first-order chi connectivity index (χ1) is 18.5. The van der Waals surface area contributed by atoms with E-state index < -0.39 is 23.6 Å². The van der Waals surface area contributed by atoms with Crippen molar-refractivity contribution in [2.24, 2.45) is 0 Å². The van der Waals surface area contributed by atoms with Gasteiger partial charge in [-0.3, -0.25) is 4.68 Å². The Morgan fingerprint density at radius 2 is 2.05 bits per heavy atom. The Labute approximate surface area is 224 Å². The molecule has 0 saturated carbocycles. The molecule has 0 spiro atoms. The van der Waals surface area contributed by atoms with Crippen LogP contribution < -0.4 is 5.32 Å². The van der Waals surface area contributed by atoms with Crippen molar-refractivity contribution in [3.63, 3.8) is 0 Å². The van der Waals surface area contributed by atoms with Crippen molar-refractivity contribution in [3.8, 4) is 17.3 Å². The second kappa shape index (κ2) is 10.00. The van der Waals surface area contributed by atoms with E-state index in [1.165, 1.54) is 12.3 Å².